The van der Waals surface area contributed by atoms with Gasteiger partial charge in [0.05, 0.1) is 11.4 Å². The molecule has 0 radical (unpaired) electrons. The number of hydrogen-bond acceptors (Lipinski definition) is 5. The molecule has 0 aliphatic heterocycles. The van der Waals surface area contributed by atoms with Crippen molar-refractivity contribution in [3.63, 3.8) is 0 Å². The summed E-state index contributed by atoms with van der Waals surface area (Å²) < 4.78 is 0.0800. The van der Waals surface area contributed by atoms with Crippen LogP contribution < -0.4 is 67.6 Å². The Labute approximate surface area is 197 Å². The van der Waals surface area contributed by atoms with Crippen molar-refractivity contribution < 1.29 is 61.0 Å². The Morgan fingerprint density at radius 1 is 1.22 bits per heavy atom. The summed E-state index contributed by atoms with van der Waals surface area (Å²) in [4.78, 5) is 24.8. The van der Waals surface area contributed by atoms with Crippen LogP contribution in [0.25, 0.3) is 0 Å². The molecule has 10 heteroatoms. The van der Waals surface area contributed by atoms with E-state index in [1.54, 1.807) is 0 Å². The van der Waals surface area contributed by atoms with Crippen molar-refractivity contribution in [3.8, 4) is 0 Å². The minimum Gasteiger partial charge on any atom is -0.410 e. The van der Waals surface area contributed by atoms with E-state index in [9.17, 15) is 9.59 Å². The van der Waals surface area contributed by atoms with Gasteiger partial charge < -0.3 is 35.6 Å². The molecule has 120 valence electrons. The predicted molar refractivity (Wildman–Crippen MR) is 95.3 cm³/mol. The number of hydrogen-bond donors (Lipinski definition) is 3. The Morgan fingerprint density at radius 2 is 1.91 bits per heavy atom. The molecule has 1 aliphatic carbocycles. The number of thiophene rings is 1. The molecule has 0 unspecified atom stereocenters. The van der Waals surface area contributed by atoms with E-state index in [0.29, 0.717) is 5.00 Å². The Hall–Kier alpha value is 0.676. The maximum Gasteiger partial charge on any atom is 1.00 e. The molecule has 23 heavy (non-hydrogen) atoms. The van der Waals surface area contributed by atoms with Crippen LogP contribution in [0.5, 0.6) is 0 Å². The molecule has 0 spiro atoms. The number of carbonyl (C=O) groups excluding carboxylic acids is 2. The molecule has 0 aromatic carbocycles. The number of aryl methyl sites for hydroxylation is 1. The summed E-state index contributed by atoms with van der Waals surface area (Å²) in [6.45, 7) is 0. The first-order chi connectivity index (χ1) is 10.5. The first kappa shape index (κ1) is 21.7. The molecular weight excluding hydrogens is 401 g/mol. The van der Waals surface area contributed by atoms with Gasteiger partial charge in [0.2, 0.25) is 11.8 Å². The van der Waals surface area contributed by atoms with Crippen molar-refractivity contribution in [2.45, 2.75) is 32.1 Å². The molecule has 0 bridgehead atoms. The topological polar surface area (TPSA) is 70.2 Å². The third-order valence-corrected chi connectivity index (χ3v) is 4.99. The second-order valence-corrected chi connectivity index (χ2v) is 7.29. The standard InChI is InChI=1S/C13H16ClN3O2S3.K/c14-6-11(19)15-12-8(5-10(18)16-17-13(20)21)7-3-1-2-4-9(7)22-12;/h1-6H2,(H,15,19)(H,16,18)(H2,17,20,21);/q;+1/p-1. The van der Waals surface area contributed by atoms with Crippen molar-refractivity contribution in [2.24, 2.45) is 0 Å². The smallest absolute Gasteiger partial charge is 0.410 e. The van der Waals surface area contributed by atoms with Gasteiger partial charge in [0, 0.05) is 4.88 Å². The molecule has 3 N–H and O–H groups in total. The number of fused-ring (bicyclic) bond motifs is 1. The second-order valence-electron chi connectivity index (χ2n) is 4.84. The van der Waals surface area contributed by atoms with Crippen molar-refractivity contribution in [1.82, 2.24) is 10.9 Å². The van der Waals surface area contributed by atoms with Gasteiger partial charge in [-0.3, -0.25) is 15.0 Å². The number of halogens is 1. The largest absolute Gasteiger partial charge is 1.00 e. The summed E-state index contributed by atoms with van der Waals surface area (Å²) in [6, 6.07) is 0. The van der Waals surface area contributed by atoms with Crippen molar-refractivity contribution in [1.29, 1.82) is 0 Å². The van der Waals surface area contributed by atoms with Crippen LogP contribution in [-0.4, -0.2) is 22.0 Å². The monoisotopic (exact) mass is 415 g/mol. The van der Waals surface area contributed by atoms with E-state index in [0.717, 1.165) is 31.2 Å². The zero-order valence-corrected chi connectivity index (χ0v) is 19.0. The number of anilines is 1. The molecule has 2 amide bonds. The van der Waals surface area contributed by atoms with Crippen LogP contribution in [0.2, 0.25) is 0 Å². The zero-order chi connectivity index (χ0) is 16.1. The summed E-state index contributed by atoms with van der Waals surface area (Å²) in [7, 11) is 0. The Kier molecular flexibility index (Phi) is 10.0. The molecule has 1 aliphatic rings. The van der Waals surface area contributed by atoms with E-state index in [-0.39, 0.29) is 79.8 Å². The predicted octanol–water partition coefficient (Wildman–Crippen LogP) is -1.20. The Morgan fingerprint density at radius 3 is 2.57 bits per heavy atom. The number of alkyl halides is 1. The average Bonchev–Trinajstić information content (AvgIpc) is 2.83. The van der Waals surface area contributed by atoms with Crippen molar-refractivity contribution >= 4 is 68.9 Å². The number of hydrazine groups is 1. The molecule has 0 atom stereocenters. The maximum absolute atomic E-state index is 12.0. The molecule has 2 rings (SSSR count). The molecule has 0 fully saturated rings. The minimum absolute atomic E-state index is 0. The molecule has 5 nitrogen and oxygen atoms in total. The normalized spacial score (nSPS) is 12.6. The summed E-state index contributed by atoms with van der Waals surface area (Å²) in [6.07, 6.45) is 4.30. The van der Waals surface area contributed by atoms with Gasteiger partial charge in [0.1, 0.15) is 5.88 Å². The first-order valence-electron chi connectivity index (χ1n) is 6.76. The quantitative estimate of drug-likeness (QED) is 0.189. The fourth-order valence-electron chi connectivity index (χ4n) is 2.40. The molecule has 1 aromatic heterocycles. The maximum atomic E-state index is 12.0. The third kappa shape index (κ3) is 6.48. The molecular formula is C13H15ClKN3O2S3. The van der Waals surface area contributed by atoms with Crippen LogP contribution in [0.1, 0.15) is 28.8 Å². The van der Waals surface area contributed by atoms with Gasteiger partial charge in [-0.15, -0.1) is 22.9 Å². The number of nitrogens with one attached hydrogen (secondary N) is 3. The van der Waals surface area contributed by atoms with Gasteiger partial charge in [0.15, 0.2) is 0 Å². The number of amides is 2. The van der Waals surface area contributed by atoms with E-state index in [1.165, 1.54) is 21.8 Å². The van der Waals surface area contributed by atoms with Crippen LogP contribution in [0.15, 0.2) is 0 Å². The molecule has 0 saturated heterocycles. The van der Waals surface area contributed by atoms with Crippen LogP contribution in [-0.2, 0) is 41.5 Å². The van der Waals surface area contributed by atoms with Crippen LogP contribution in [0.4, 0.5) is 5.00 Å². The minimum atomic E-state index is -0.271. The zero-order valence-electron chi connectivity index (χ0n) is 12.7. The first-order valence-corrected chi connectivity index (χ1v) is 8.93. The van der Waals surface area contributed by atoms with Gasteiger partial charge in [-0.05, 0) is 41.1 Å². The molecule has 1 heterocycles. The van der Waals surface area contributed by atoms with Gasteiger partial charge in [-0.25, -0.2) is 0 Å². The van der Waals surface area contributed by atoms with E-state index >= 15 is 0 Å². The van der Waals surface area contributed by atoms with Crippen molar-refractivity contribution in [3.05, 3.63) is 16.0 Å². The third-order valence-electron chi connectivity index (χ3n) is 3.30. The Balaban J connectivity index is 0.00000264. The second kappa shape index (κ2) is 10.6. The van der Waals surface area contributed by atoms with E-state index in [1.807, 2.05) is 0 Å². The Bertz CT molecular complexity index is 610. The average molecular weight is 416 g/mol. The summed E-state index contributed by atoms with van der Waals surface area (Å²) in [5.74, 6) is -0.633. The van der Waals surface area contributed by atoms with Gasteiger partial charge in [0.25, 0.3) is 0 Å². The number of carbonyl (C=O) groups is 2. The van der Waals surface area contributed by atoms with Crippen LogP contribution in [0, 0.1) is 0 Å². The van der Waals surface area contributed by atoms with E-state index in [4.69, 9.17) is 11.6 Å². The molecule has 1 aromatic rings. The summed E-state index contributed by atoms with van der Waals surface area (Å²) in [5, 5.41) is 3.50. The van der Waals surface area contributed by atoms with Gasteiger partial charge >= 0.3 is 51.4 Å². The fourth-order valence-corrected chi connectivity index (χ4v) is 3.90. The number of thiocarbonyl (C=S) groups is 1. The van der Waals surface area contributed by atoms with E-state index in [2.05, 4.69) is 41.0 Å². The summed E-state index contributed by atoms with van der Waals surface area (Å²) >= 11 is 16.4. The molecule has 0 saturated carbocycles. The van der Waals surface area contributed by atoms with Crippen molar-refractivity contribution in [2.75, 3.05) is 11.2 Å². The fraction of sp³-hybridized carbons (Fsp3) is 0.462. The van der Waals surface area contributed by atoms with Crippen LogP contribution >= 0.6 is 35.2 Å². The van der Waals surface area contributed by atoms with Gasteiger partial charge in [-0.1, -0.05) is 0 Å². The van der Waals surface area contributed by atoms with Gasteiger partial charge in [-0.2, -0.15) is 0 Å². The SMILES string of the molecule is O=C(Cc1c(NC(=O)CCl)sc2c1CCCC2)NNC(=S)[S-].[K+]. The van der Waals surface area contributed by atoms with E-state index < -0.39 is 0 Å². The number of rotatable bonds is 4. The summed E-state index contributed by atoms with van der Waals surface area (Å²) in [5.41, 5.74) is 6.95. The van der Waals surface area contributed by atoms with Crippen LogP contribution in [0.3, 0.4) is 0 Å².